The van der Waals surface area contributed by atoms with Crippen molar-refractivity contribution in [1.29, 1.82) is 0 Å². The molecule has 0 N–H and O–H groups in total. The molecule has 2 rings (SSSR count). The molecule has 0 nitrogen and oxygen atoms in total. The van der Waals surface area contributed by atoms with Gasteiger partial charge in [0.05, 0.1) is 7.85 Å². The lowest BCUT2D eigenvalue weighted by Gasteiger charge is -2.18. The summed E-state index contributed by atoms with van der Waals surface area (Å²) in [6.07, 6.45) is 6.06. The van der Waals surface area contributed by atoms with E-state index in [4.69, 9.17) is 7.85 Å². The highest BCUT2D eigenvalue weighted by atomic mass is 14.5. The zero-order valence-corrected chi connectivity index (χ0v) is 9.34. The highest BCUT2D eigenvalue weighted by molar-refractivity contribution is 6.14. The van der Waals surface area contributed by atoms with Crippen LogP contribution in [0.15, 0.2) is 0 Å². The van der Waals surface area contributed by atoms with E-state index in [-0.39, 0.29) is 5.31 Å². The molecule has 0 aliphatic heterocycles. The molecule has 3 atom stereocenters. The highest BCUT2D eigenvalue weighted by Gasteiger charge is 2.49. The Balaban J connectivity index is 1.88. The largest absolute Gasteiger partial charge is 0.103 e. The molecule has 2 radical (unpaired) electrons. The van der Waals surface area contributed by atoms with E-state index in [9.17, 15) is 0 Å². The molecule has 1 saturated carbocycles. The third kappa shape index (κ3) is 2.35. The summed E-state index contributed by atoms with van der Waals surface area (Å²) in [5.74, 6) is 9.30. The fourth-order valence-corrected chi connectivity index (χ4v) is 2.95. The van der Waals surface area contributed by atoms with Gasteiger partial charge in [-0.25, -0.2) is 0 Å². The van der Waals surface area contributed by atoms with Crippen LogP contribution >= 0.6 is 0 Å². The Labute approximate surface area is 89.3 Å². The van der Waals surface area contributed by atoms with Crippen LogP contribution in [0.25, 0.3) is 0 Å². The van der Waals surface area contributed by atoms with Gasteiger partial charge in [-0.15, -0.1) is 11.8 Å². The van der Waals surface area contributed by atoms with Crippen molar-refractivity contribution in [2.45, 2.75) is 51.3 Å². The third-order valence-corrected chi connectivity index (χ3v) is 3.60. The third-order valence-electron chi connectivity index (χ3n) is 3.60. The molecular weight excluding hydrogens is 167 g/mol. The quantitative estimate of drug-likeness (QED) is 0.459. The van der Waals surface area contributed by atoms with E-state index < -0.39 is 0 Å². The van der Waals surface area contributed by atoms with Crippen molar-refractivity contribution >= 4 is 7.85 Å². The second-order valence-corrected chi connectivity index (χ2v) is 5.62. The standard InChI is InChI=1S/C13H19B/c1-13(2,14)9-12-10-7-5-3-4-6-8-11(10)12/h10-12H,5-9H2,1-2H3/t10-,11+,12?. The van der Waals surface area contributed by atoms with Crippen molar-refractivity contribution in [3.63, 3.8) is 0 Å². The minimum absolute atomic E-state index is 0.0204. The summed E-state index contributed by atoms with van der Waals surface area (Å²) >= 11 is 0. The second kappa shape index (κ2) is 3.65. The van der Waals surface area contributed by atoms with Gasteiger partial charge in [-0.05, 0) is 30.6 Å². The Morgan fingerprint density at radius 2 is 1.64 bits per heavy atom. The molecule has 0 spiro atoms. The minimum atomic E-state index is 0.0204. The van der Waals surface area contributed by atoms with Gasteiger partial charge >= 0.3 is 0 Å². The van der Waals surface area contributed by atoms with Gasteiger partial charge in [0.15, 0.2) is 0 Å². The van der Waals surface area contributed by atoms with Crippen molar-refractivity contribution < 1.29 is 0 Å². The predicted octanol–water partition coefficient (Wildman–Crippen LogP) is 3.18. The Morgan fingerprint density at radius 1 is 1.14 bits per heavy atom. The van der Waals surface area contributed by atoms with Gasteiger partial charge < -0.3 is 0 Å². The van der Waals surface area contributed by atoms with Gasteiger partial charge in [0.2, 0.25) is 0 Å². The fraction of sp³-hybridized carbons (Fsp3) is 0.846. The number of hydrogen-bond donors (Lipinski definition) is 0. The topological polar surface area (TPSA) is 0 Å². The van der Waals surface area contributed by atoms with E-state index >= 15 is 0 Å². The molecule has 0 bridgehead atoms. The number of fused-ring (bicyclic) bond motifs is 1. The maximum atomic E-state index is 6.08. The summed E-state index contributed by atoms with van der Waals surface area (Å²) in [6, 6.07) is 0. The summed E-state index contributed by atoms with van der Waals surface area (Å²) in [5.41, 5.74) is 0. The lowest BCUT2D eigenvalue weighted by Crippen LogP contribution is -2.04. The van der Waals surface area contributed by atoms with Gasteiger partial charge in [0, 0.05) is 12.8 Å². The molecule has 0 aromatic rings. The maximum absolute atomic E-state index is 6.08. The van der Waals surface area contributed by atoms with Gasteiger partial charge in [0.1, 0.15) is 0 Å². The average molecular weight is 186 g/mol. The van der Waals surface area contributed by atoms with Gasteiger partial charge in [-0.3, -0.25) is 0 Å². The van der Waals surface area contributed by atoms with Gasteiger partial charge in [-0.2, -0.15) is 0 Å². The zero-order valence-electron chi connectivity index (χ0n) is 9.34. The Hall–Kier alpha value is -0.375. The monoisotopic (exact) mass is 186 g/mol. The molecule has 74 valence electrons. The lowest BCUT2D eigenvalue weighted by atomic mass is 9.68. The molecule has 14 heavy (non-hydrogen) atoms. The van der Waals surface area contributed by atoms with E-state index in [2.05, 4.69) is 25.7 Å². The number of hydrogen-bond acceptors (Lipinski definition) is 0. The van der Waals surface area contributed by atoms with Crippen molar-refractivity contribution in [3.8, 4) is 11.8 Å². The molecule has 0 heterocycles. The first-order valence-electron chi connectivity index (χ1n) is 5.82. The van der Waals surface area contributed by atoms with Crippen LogP contribution in [0.3, 0.4) is 0 Å². The first-order valence-corrected chi connectivity index (χ1v) is 5.82. The molecule has 0 amide bonds. The Kier molecular flexibility index (Phi) is 2.65. The van der Waals surface area contributed by atoms with Crippen LogP contribution in [0.5, 0.6) is 0 Å². The molecule has 2 aliphatic carbocycles. The van der Waals surface area contributed by atoms with E-state index in [0.717, 1.165) is 30.6 Å². The molecule has 0 aromatic heterocycles. The molecule has 1 unspecified atom stereocenters. The van der Waals surface area contributed by atoms with Gasteiger partial charge in [0.25, 0.3) is 0 Å². The molecule has 0 saturated heterocycles. The van der Waals surface area contributed by atoms with Crippen LogP contribution in [-0.4, -0.2) is 7.85 Å². The molecular formula is C13H19B. The van der Waals surface area contributed by atoms with Crippen LogP contribution in [0, 0.1) is 29.6 Å². The number of rotatable bonds is 2. The fourth-order valence-electron chi connectivity index (χ4n) is 2.95. The smallest absolute Gasteiger partial charge is 0.0738 e. The molecule has 2 aliphatic rings. The van der Waals surface area contributed by atoms with Crippen molar-refractivity contribution in [2.75, 3.05) is 0 Å². The van der Waals surface area contributed by atoms with Crippen molar-refractivity contribution in [1.82, 2.24) is 0 Å². The summed E-state index contributed by atoms with van der Waals surface area (Å²) in [7, 11) is 6.08. The van der Waals surface area contributed by atoms with Crippen LogP contribution < -0.4 is 0 Å². The Bertz CT molecular complexity index is 245. The van der Waals surface area contributed by atoms with E-state index in [1.807, 2.05) is 0 Å². The van der Waals surface area contributed by atoms with Crippen LogP contribution in [0.2, 0.25) is 5.31 Å². The maximum Gasteiger partial charge on any atom is 0.0738 e. The lowest BCUT2D eigenvalue weighted by molar-refractivity contribution is 0.512. The summed E-state index contributed by atoms with van der Waals surface area (Å²) in [5, 5.41) is 0.0204. The van der Waals surface area contributed by atoms with Crippen molar-refractivity contribution in [2.24, 2.45) is 17.8 Å². The minimum Gasteiger partial charge on any atom is -0.103 e. The van der Waals surface area contributed by atoms with Gasteiger partial charge in [-0.1, -0.05) is 25.6 Å². The van der Waals surface area contributed by atoms with Crippen LogP contribution in [0.1, 0.15) is 46.0 Å². The summed E-state index contributed by atoms with van der Waals surface area (Å²) < 4.78 is 0. The van der Waals surface area contributed by atoms with E-state index in [1.165, 1.54) is 19.3 Å². The van der Waals surface area contributed by atoms with Crippen LogP contribution in [0.4, 0.5) is 0 Å². The second-order valence-electron chi connectivity index (χ2n) is 5.62. The highest BCUT2D eigenvalue weighted by Crippen LogP contribution is 2.57. The van der Waals surface area contributed by atoms with E-state index in [0.29, 0.717) is 0 Å². The SMILES string of the molecule is [B]C(C)(C)CC1[C@H]2CCC#CCC[C@@H]12. The zero-order chi connectivity index (χ0) is 10.2. The summed E-state index contributed by atoms with van der Waals surface area (Å²) in [4.78, 5) is 0. The van der Waals surface area contributed by atoms with Crippen LogP contribution in [-0.2, 0) is 0 Å². The van der Waals surface area contributed by atoms with Crippen molar-refractivity contribution in [3.05, 3.63) is 0 Å². The first-order chi connectivity index (χ1) is 6.58. The molecule has 1 heteroatoms. The molecule has 1 fully saturated rings. The average Bonchev–Trinajstić information content (AvgIpc) is 2.55. The Morgan fingerprint density at radius 3 is 2.07 bits per heavy atom. The summed E-state index contributed by atoms with van der Waals surface area (Å²) in [6.45, 7) is 4.30. The first kappa shape index (κ1) is 10.2. The van der Waals surface area contributed by atoms with E-state index in [1.54, 1.807) is 0 Å². The predicted molar refractivity (Wildman–Crippen MR) is 61.1 cm³/mol. The normalized spacial score (nSPS) is 36.0. The molecule has 0 aromatic carbocycles.